The van der Waals surface area contributed by atoms with E-state index in [9.17, 15) is 25.5 Å². The van der Waals surface area contributed by atoms with Crippen LogP contribution in [0.2, 0.25) is 0 Å². The molecule has 0 radical (unpaired) electrons. The van der Waals surface area contributed by atoms with Crippen molar-refractivity contribution in [3.8, 4) is 39.5 Å². The van der Waals surface area contributed by atoms with Gasteiger partial charge in [0, 0.05) is 33.4 Å². The molecule has 0 unspecified atom stereocenters. The van der Waals surface area contributed by atoms with E-state index < -0.39 is 0 Å². The zero-order chi connectivity index (χ0) is 25.1. The Balaban J connectivity index is 1.62. The van der Waals surface area contributed by atoms with Crippen molar-refractivity contribution in [2.45, 2.75) is 6.92 Å². The number of phenolic OH excluding ortho intramolecular Hbond substituents is 3. The van der Waals surface area contributed by atoms with Crippen LogP contribution >= 0.6 is 0 Å². The molecule has 2 aliphatic carbocycles. The van der Waals surface area contributed by atoms with Crippen LogP contribution in [-0.2, 0) is 0 Å². The van der Waals surface area contributed by atoms with E-state index in [-0.39, 0.29) is 23.0 Å². The Bertz CT molecular complexity index is 1670. The van der Waals surface area contributed by atoms with E-state index in [0.29, 0.717) is 16.7 Å². The summed E-state index contributed by atoms with van der Waals surface area (Å²) in [5.41, 5.74) is 9.61. The fourth-order valence-corrected chi connectivity index (χ4v) is 5.44. The smallest absolute Gasteiger partial charge is 0.158 e. The summed E-state index contributed by atoms with van der Waals surface area (Å²) >= 11 is 0. The van der Waals surface area contributed by atoms with Crippen LogP contribution in [0.15, 0.2) is 90.9 Å². The summed E-state index contributed by atoms with van der Waals surface area (Å²) in [6, 6.07) is 23.2. The third kappa shape index (κ3) is 2.96. The maximum Gasteiger partial charge on any atom is 0.158 e. The molecule has 176 valence electrons. The first-order valence-electron chi connectivity index (χ1n) is 11.5. The molecule has 5 nitrogen and oxygen atoms in total. The minimum Gasteiger partial charge on any atom is -0.515 e. The molecule has 4 aromatic carbocycles. The number of aliphatic hydroxyl groups is 2. The Hall–Kier alpha value is -4.90. The second kappa shape index (κ2) is 7.82. The lowest BCUT2D eigenvalue weighted by Gasteiger charge is -2.18. The Labute approximate surface area is 207 Å². The third-order valence-electron chi connectivity index (χ3n) is 6.91. The maximum atomic E-state index is 11.0. The highest BCUT2D eigenvalue weighted by Gasteiger charge is 2.40. The zero-order valence-corrected chi connectivity index (χ0v) is 19.3. The van der Waals surface area contributed by atoms with E-state index in [1.54, 1.807) is 25.1 Å². The van der Waals surface area contributed by atoms with Crippen molar-refractivity contribution >= 4 is 22.3 Å². The summed E-state index contributed by atoms with van der Waals surface area (Å²) in [4.78, 5) is 0. The SMILES string of the molecule is C/C(O)=C1C2=C(/C(=C/O)c3c2cccc3-c2ccc(O)cc2)c2cccc(-c3ccc(O)c(O)c3)c2/1. The van der Waals surface area contributed by atoms with Crippen molar-refractivity contribution in [3.05, 3.63) is 113 Å². The largest absolute Gasteiger partial charge is 0.515 e. The van der Waals surface area contributed by atoms with Gasteiger partial charge < -0.3 is 25.5 Å². The van der Waals surface area contributed by atoms with E-state index in [2.05, 4.69) is 0 Å². The minimum atomic E-state index is -0.227. The van der Waals surface area contributed by atoms with Gasteiger partial charge in [-0.3, -0.25) is 0 Å². The summed E-state index contributed by atoms with van der Waals surface area (Å²) < 4.78 is 0. The number of hydrogen-bond acceptors (Lipinski definition) is 5. The third-order valence-corrected chi connectivity index (χ3v) is 6.91. The topological polar surface area (TPSA) is 101 Å². The van der Waals surface area contributed by atoms with Gasteiger partial charge >= 0.3 is 0 Å². The predicted molar refractivity (Wildman–Crippen MR) is 141 cm³/mol. The van der Waals surface area contributed by atoms with Crippen molar-refractivity contribution in [2.75, 3.05) is 0 Å². The van der Waals surface area contributed by atoms with Gasteiger partial charge in [-0.25, -0.2) is 0 Å². The minimum absolute atomic E-state index is 0.136. The van der Waals surface area contributed by atoms with E-state index >= 15 is 0 Å². The summed E-state index contributed by atoms with van der Waals surface area (Å²) in [6.45, 7) is 1.64. The molecule has 0 atom stereocenters. The Morgan fingerprint density at radius 3 is 1.83 bits per heavy atom. The molecule has 2 aliphatic rings. The number of rotatable bonds is 2. The summed E-state index contributed by atoms with van der Waals surface area (Å²) in [5, 5.41) is 51.2. The van der Waals surface area contributed by atoms with Crippen molar-refractivity contribution in [3.63, 3.8) is 0 Å². The van der Waals surface area contributed by atoms with Gasteiger partial charge in [-0.1, -0.05) is 54.6 Å². The average Bonchev–Trinajstić information content (AvgIpc) is 3.39. The highest BCUT2D eigenvalue weighted by Crippen LogP contribution is 2.61. The molecule has 36 heavy (non-hydrogen) atoms. The van der Waals surface area contributed by atoms with Crippen molar-refractivity contribution in [2.24, 2.45) is 0 Å². The molecule has 0 aromatic heterocycles. The first-order valence-corrected chi connectivity index (χ1v) is 11.5. The number of allylic oxidation sites excluding steroid dienone is 5. The first-order chi connectivity index (χ1) is 17.4. The highest BCUT2D eigenvalue weighted by molar-refractivity contribution is 6.38. The lowest BCUT2D eigenvalue weighted by atomic mass is 9.85. The molecule has 5 heteroatoms. The molecule has 0 amide bonds. The van der Waals surface area contributed by atoms with Crippen LogP contribution in [0, 0.1) is 0 Å². The van der Waals surface area contributed by atoms with E-state index in [1.807, 2.05) is 48.5 Å². The van der Waals surface area contributed by atoms with Gasteiger partial charge in [0.25, 0.3) is 0 Å². The normalized spacial score (nSPS) is 16.2. The van der Waals surface area contributed by atoms with Gasteiger partial charge in [-0.15, -0.1) is 0 Å². The number of aliphatic hydroxyl groups excluding tert-OH is 2. The summed E-state index contributed by atoms with van der Waals surface area (Å²) in [5.74, 6) is -0.124. The quantitative estimate of drug-likeness (QED) is 0.155. The Morgan fingerprint density at radius 1 is 0.639 bits per heavy atom. The van der Waals surface area contributed by atoms with E-state index in [4.69, 9.17) is 0 Å². The molecule has 0 heterocycles. The van der Waals surface area contributed by atoms with Crippen LogP contribution in [0.3, 0.4) is 0 Å². The molecule has 0 aliphatic heterocycles. The molecular weight excluding hydrogens is 452 g/mol. The van der Waals surface area contributed by atoms with Gasteiger partial charge in [0.05, 0.1) is 12.0 Å². The van der Waals surface area contributed by atoms with Gasteiger partial charge in [0.2, 0.25) is 0 Å². The zero-order valence-electron chi connectivity index (χ0n) is 19.3. The average molecular weight is 475 g/mol. The van der Waals surface area contributed by atoms with Crippen molar-refractivity contribution < 1.29 is 25.5 Å². The number of fused-ring (bicyclic) bond motifs is 4. The molecule has 0 bridgehead atoms. The Morgan fingerprint density at radius 2 is 1.22 bits per heavy atom. The molecule has 0 spiro atoms. The van der Waals surface area contributed by atoms with E-state index in [1.165, 1.54) is 12.1 Å². The monoisotopic (exact) mass is 474 g/mol. The van der Waals surface area contributed by atoms with Crippen LogP contribution in [0.1, 0.15) is 29.2 Å². The lowest BCUT2D eigenvalue weighted by molar-refractivity contribution is 0.404. The standard InChI is InChI=1S/C31H22O5/c1-16(33)27-29-21(18-10-13-25(35)26(36)14-18)5-3-7-23(29)30-24(15-32)28-20(4-2-6-22(28)31(27)30)17-8-11-19(34)12-9-17/h2-15,32-36H,1H3/b24-15+,27-16-. The van der Waals surface area contributed by atoms with Crippen LogP contribution in [0.5, 0.6) is 17.2 Å². The predicted octanol–water partition coefficient (Wildman–Crippen LogP) is 7.26. The van der Waals surface area contributed by atoms with Gasteiger partial charge in [0.15, 0.2) is 11.5 Å². The number of aromatic hydroxyl groups is 3. The van der Waals surface area contributed by atoms with Crippen LogP contribution in [0.25, 0.3) is 44.5 Å². The second-order valence-corrected chi connectivity index (χ2v) is 8.96. The molecule has 0 fully saturated rings. The molecule has 5 N–H and O–H groups in total. The first kappa shape index (κ1) is 21.6. The Kier molecular flexibility index (Phi) is 4.70. The number of benzene rings is 4. The van der Waals surface area contributed by atoms with Crippen LogP contribution in [-0.4, -0.2) is 25.5 Å². The van der Waals surface area contributed by atoms with E-state index in [0.717, 1.165) is 56.4 Å². The summed E-state index contributed by atoms with van der Waals surface area (Å²) in [6.07, 6.45) is 1.11. The maximum absolute atomic E-state index is 11.0. The van der Waals surface area contributed by atoms with Gasteiger partial charge in [0.1, 0.15) is 5.75 Å². The van der Waals surface area contributed by atoms with Gasteiger partial charge in [-0.2, -0.15) is 0 Å². The number of phenols is 3. The van der Waals surface area contributed by atoms with Crippen LogP contribution < -0.4 is 0 Å². The van der Waals surface area contributed by atoms with Crippen molar-refractivity contribution in [1.82, 2.24) is 0 Å². The fourth-order valence-electron chi connectivity index (χ4n) is 5.44. The molecule has 4 aromatic rings. The molecular formula is C31H22O5. The van der Waals surface area contributed by atoms with Crippen LogP contribution in [0.4, 0.5) is 0 Å². The molecule has 0 saturated heterocycles. The second-order valence-electron chi connectivity index (χ2n) is 8.96. The fraction of sp³-hybridized carbons (Fsp3) is 0.0323. The molecule has 0 saturated carbocycles. The summed E-state index contributed by atoms with van der Waals surface area (Å²) in [7, 11) is 0. The molecule has 6 rings (SSSR count). The van der Waals surface area contributed by atoms with Gasteiger partial charge in [-0.05, 0) is 64.6 Å². The highest BCUT2D eigenvalue weighted by atomic mass is 16.3. The van der Waals surface area contributed by atoms with Crippen molar-refractivity contribution in [1.29, 1.82) is 0 Å². The number of hydrogen-bond donors (Lipinski definition) is 5. The lowest BCUT2D eigenvalue weighted by Crippen LogP contribution is -1.98.